The van der Waals surface area contributed by atoms with E-state index in [1.807, 2.05) is 22.9 Å². The molecule has 2 heterocycles. The average molecular weight is 396 g/mol. The van der Waals surface area contributed by atoms with Gasteiger partial charge in [-0.3, -0.25) is 4.79 Å². The second-order valence-electron chi connectivity index (χ2n) is 6.04. The van der Waals surface area contributed by atoms with Gasteiger partial charge in [-0.1, -0.05) is 0 Å². The molecule has 110 valence electrons. The van der Waals surface area contributed by atoms with E-state index >= 15 is 0 Å². The maximum absolute atomic E-state index is 12.6. The third-order valence-corrected chi connectivity index (χ3v) is 5.31. The van der Waals surface area contributed by atoms with Crippen molar-refractivity contribution in [1.82, 2.24) is 4.57 Å². The van der Waals surface area contributed by atoms with E-state index in [-0.39, 0.29) is 11.7 Å². The number of aliphatic hydroxyl groups is 1. The zero-order valence-electron chi connectivity index (χ0n) is 11.6. The van der Waals surface area contributed by atoms with Gasteiger partial charge in [-0.05, 0) is 60.1 Å². The van der Waals surface area contributed by atoms with Crippen LogP contribution < -0.4 is 10.5 Å². The Kier molecular flexibility index (Phi) is 3.22. The Morgan fingerprint density at radius 3 is 2.67 bits per heavy atom. The fourth-order valence-electron chi connectivity index (χ4n) is 3.10. The molecular weight excluding hydrogens is 379 g/mol. The molecule has 1 aliphatic carbocycles. The van der Waals surface area contributed by atoms with Gasteiger partial charge in [0.1, 0.15) is 0 Å². The first-order valence-corrected chi connectivity index (χ1v) is 8.49. The van der Waals surface area contributed by atoms with E-state index in [9.17, 15) is 9.90 Å². The highest BCUT2D eigenvalue weighted by Gasteiger charge is 2.26. The zero-order valence-corrected chi connectivity index (χ0v) is 13.8. The first-order valence-electron chi connectivity index (χ1n) is 7.41. The Morgan fingerprint density at radius 2 is 2.00 bits per heavy atom. The van der Waals surface area contributed by atoms with Crippen LogP contribution in [-0.4, -0.2) is 28.9 Å². The molecule has 4 rings (SSSR count). The van der Waals surface area contributed by atoms with Crippen molar-refractivity contribution < 1.29 is 5.11 Å². The predicted octanol–water partition coefficient (Wildman–Crippen LogP) is 2.51. The summed E-state index contributed by atoms with van der Waals surface area (Å²) in [7, 11) is 0. The van der Waals surface area contributed by atoms with Crippen LogP contribution in [0.25, 0.3) is 10.8 Å². The van der Waals surface area contributed by atoms with E-state index in [4.69, 9.17) is 0 Å². The number of nitrogens with zero attached hydrogens (tertiary/aromatic N) is 2. The van der Waals surface area contributed by atoms with Gasteiger partial charge in [0.2, 0.25) is 0 Å². The van der Waals surface area contributed by atoms with E-state index in [0.717, 1.165) is 45.8 Å². The number of anilines is 1. The lowest BCUT2D eigenvalue weighted by atomic mass is 10.1. The summed E-state index contributed by atoms with van der Waals surface area (Å²) in [4.78, 5) is 14.7. The first kappa shape index (κ1) is 13.6. The van der Waals surface area contributed by atoms with Gasteiger partial charge < -0.3 is 14.6 Å². The normalized spacial score (nSPS) is 22.2. The van der Waals surface area contributed by atoms with Crippen molar-refractivity contribution in [3.8, 4) is 0 Å². The van der Waals surface area contributed by atoms with Crippen LogP contribution in [0.15, 0.2) is 29.2 Å². The quantitative estimate of drug-likeness (QED) is 0.794. The third kappa shape index (κ3) is 2.36. The van der Waals surface area contributed by atoms with Gasteiger partial charge in [0, 0.05) is 45.4 Å². The van der Waals surface area contributed by atoms with Crippen molar-refractivity contribution in [2.45, 2.75) is 31.4 Å². The van der Waals surface area contributed by atoms with E-state index in [1.165, 1.54) is 0 Å². The number of benzene rings is 1. The largest absolute Gasteiger partial charge is 0.391 e. The monoisotopic (exact) mass is 396 g/mol. The highest BCUT2D eigenvalue weighted by molar-refractivity contribution is 14.1. The molecule has 2 aliphatic rings. The summed E-state index contributed by atoms with van der Waals surface area (Å²) in [6.07, 6.45) is 4.81. The molecule has 1 N–H and O–H groups in total. The van der Waals surface area contributed by atoms with Crippen molar-refractivity contribution in [2.75, 3.05) is 18.0 Å². The van der Waals surface area contributed by atoms with Crippen LogP contribution >= 0.6 is 22.6 Å². The summed E-state index contributed by atoms with van der Waals surface area (Å²) in [5.41, 5.74) is 1.22. The Labute approximate surface area is 136 Å². The van der Waals surface area contributed by atoms with Gasteiger partial charge in [0.25, 0.3) is 5.56 Å². The Morgan fingerprint density at radius 1 is 1.19 bits per heavy atom. The number of pyridine rings is 1. The zero-order chi connectivity index (χ0) is 14.6. The van der Waals surface area contributed by atoms with Gasteiger partial charge in [-0.15, -0.1) is 0 Å². The van der Waals surface area contributed by atoms with Crippen molar-refractivity contribution in [1.29, 1.82) is 0 Å². The number of aromatic nitrogens is 1. The number of hydrogen-bond acceptors (Lipinski definition) is 3. The highest BCUT2D eigenvalue weighted by atomic mass is 127. The minimum atomic E-state index is -0.234. The lowest BCUT2D eigenvalue weighted by molar-refractivity contribution is 0.198. The van der Waals surface area contributed by atoms with Crippen molar-refractivity contribution in [3.05, 3.63) is 38.3 Å². The summed E-state index contributed by atoms with van der Waals surface area (Å²) >= 11 is 2.32. The Bertz CT molecular complexity index is 767. The molecule has 1 atom stereocenters. The van der Waals surface area contributed by atoms with Crippen molar-refractivity contribution >= 4 is 39.1 Å². The molecule has 4 nitrogen and oxygen atoms in total. The Hall–Kier alpha value is -1.08. The molecule has 5 heteroatoms. The summed E-state index contributed by atoms with van der Waals surface area (Å²) in [6, 6.07) is 6.45. The van der Waals surface area contributed by atoms with Crippen LogP contribution in [0.1, 0.15) is 25.3 Å². The van der Waals surface area contributed by atoms with E-state index in [0.29, 0.717) is 12.6 Å². The van der Waals surface area contributed by atoms with Crippen molar-refractivity contribution in [2.24, 2.45) is 0 Å². The highest BCUT2D eigenvalue weighted by Crippen LogP contribution is 2.35. The molecule has 0 amide bonds. The smallest absolute Gasteiger partial charge is 0.258 e. The summed E-state index contributed by atoms with van der Waals surface area (Å²) in [5.74, 6) is 0. The topological polar surface area (TPSA) is 45.5 Å². The number of halogens is 1. The van der Waals surface area contributed by atoms with E-state index < -0.39 is 0 Å². The van der Waals surface area contributed by atoms with Gasteiger partial charge in [-0.25, -0.2) is 0 Å². The molecule has 21 heavy (non-hydrogen) atoms. The number of aliphatic hydroxyl groups excluding tert-OH is 1. The van der Waals surface area contributed by atoms with Crippen LogP contribution in [0.4, 0.5) is 5.69 Å². The molecule has 2 aromatic rings. The first-order chi connectivity index (χ1) is 10.1. The average Bonchev–Trinajstić information content (AvgIpc) is 3.23. The van der Waals surface area contributed by atoms with Gasteiger partial charge >= 0.3 is 0 Å². The van der Waals surface area contributed by atoms with E-state index in [1.54, 1.807) is 0 Å². The fraction of sp³-hybridized carbons (Fsp3) is 0.438. The predicted molar refractivity (Wildman–Crippen MR) is 92.0 cm³/mol. The third-order valence-electron chi connectivity index (χ3n) is 4.45. The van der Waals surface area contributed by atoms with Crippen molar-refractivity contribution in [3.63, 3.8) is 0 Å². The number of hydrogen-bond donors (Lipinski definition) is 1. The van der Waals surface area contributed by atoms with Crippen LogP contribution in [0, 0.1) is 3.57 Å². The SMILES string of the molecule is O=c1c2ccc(N3CCC(O)C3)cc2c(I)cn1C1CC1. The molecule has 1 aromatic heterocycles. The van der Waals surface area contributed by atoms with Gasteiger partial charge in [-0.2, -0.15) is 0 Å². The molecule has 0 spiro atoms. The summed E-state index contributed by atoms with van der Waals surface area (Å²) < 4.78 is 3.01. The van der Waals surface area contributed by atoms with Crippen LogP contribution in [0.3, 0.4) is 0 Å². The standard InChI is InChI=1S/C16H17IN2O2/c17-15-9-19(10-1-2-10)16(21)13-4-3-11(7-14(13)15)18-6-5-12(20)8-18/h3-4,7,9-10,12,20H,1-2,5-6,8H2. The Balaban J connectivity index is 1.83. The van der Waals surface area contributed by atoms with Gasteiger partial charge in [0.15, 0.2) is 0 Å². The molecule has 0 bridgehead atoms. The number of β-amino-alcohol motifs (C(OH)–C–C–N with tert-alkyl or cyclic N) is 1. The molecule has 1 aliphatic heterocycles. The summed E-state index contributed by atoms with van der Waals surface area (Å²) in [6.45, 7) is 1.56. The van der Waals surface area contributed by atoms with Crippen LogP contribution in [0.5, 0.6) is 0 Å². The molecule has 1 saturated carbocycles. The molecule has 1 saturated heterocycles. The molecule has 0 radical (unpaired) electrons. The maximum atomic E-state index is 12.6. The second-order valence-corrected chi connectivity index (χ2v) is 7.20. The maximum Gasteiger partial charge on any atom is 0.258 e. The number of rotatable bonds is 2. The lowest BCUT2D eigenvalue weighted by Gasteiger charge is -2.19. The van der Waals surface area contributed by atoms with Gasteiger partial charge in [0.05, 0.1) is 6.10 Å². The molecule has 2 fully saturated rings. The minimum Gasteiger partial charge on any atom is -0.391 e. The van der Waals surface area contributed by atoms with Crippen LogP contribution in [-0.2, 0) is 0 Å². The fourth-order valence-corrected chi connectivity index (χ4v) is 3.85. The molecular formula is C16H17IN2O2. The van der Waals surface area contributed by atoms with Crippen LogP contribution in [0.2, 0.25) is 0 Å². The van der Waals surface area contributed by atoms with E-state index in [2.05, 4.69) is 33.6 Å². The summed E-state index contributed by atoms with van der Waals surface area (Å²) in [5, 5.41) is 11.5. The second kappa shape index (κ2) is 4.98. The number of fused-ring (bicyclic) bond motifs is 1. The molecule has 1 aromatic carbocycles. The molecule has 1 unspecified atom stereocenters. The lowest BCUT2D eigenvalue weighted by Crippen LogP contribution is -2.22. The minimum absolute atomic E-state index is 0.126.